The summed E-state index contributed by atoms with van der Waals surface area (Å²) in [5.74, 6) is -1.39. The number of fused-ring (bicyclic) bond motifs is 2. The number of nitro groups is 1. The number of nitrogens with zero attached hydrogens (tertiary/aromatic N) is 3. The van der Waals surface area contributed by atoms with Crippen molar-refractivity contribution in [2.45, 2.75) is 4.34 Å². The number of carbonyl (C=O) groups is 3. The first-order chi connectivity index (χ1) is 13.9. The number of carbonyl (C=O) groups excluding carboxylic acids is 3. The Labute approximate surface area is 171 Å². The Hall–Kier alpha value is -3.31. The Morgan fingerprint density at radius 3 is 2.69 bits per heavy atom. The zero-order valence-electron chi connectivity index (χ0n) is 14.8. The lowest BCUT2D eigenvalue weighted by Crippen LogP contribution is -2.29. The number of thiazole rings is 1. The highest BCUT2D eigenvalue weighted by atomic mass is 32.2. The van der Waals surface area contributed by atoms with Crippen LogP contribution in [-0.2, 0) is 9.53 Å². The Morgan fingerprint density at radius 2 is 1.97 bits per heavy atom. The highest BCUT2D eigenvalue weighted by molar-refractivity contribution is 8.01. The smallest absolute Gasteiger partial charge is 0.316 e. The van der Waals surface area contributed by atoms with Gasteiger partial charge in [0.2, 0.25) is 0 Å². The van der Waals surface area contributed by atoms with E-state index in [-0.39, 0.29) is 28.5 Å². The van der Waals surface area contributed by atoms with Crippen molar-refractivity contribution >= 4 is 62.5 Å². The lowest BCUT2D eigenvalue weighted by molar-refractivity contribution is -0.384. The minimum atomic E-state index is -0.614. The van der Waals surface area contributed by atoms with Crippen LogP contribution in [-0.4, -0.2) is 40.6 Å². The SMILES string of the molecule is COC(=O)CSc1nc2ccc(N3C(=O)c4ccc([N+](=O)[O-])cc4C3=O)cc2s1. The first-order valence-corrected chi connectivity index (χ1v) is 9.96. The third-order valence-corrected chi connectivity index (χ3v) is 6.37. The van der Waals surface area contributed by atoms with Gasteiger partial charge >= 0.3 is 5.97 Å². The molecule has 1 aliphatic rings. The van der Waals surface area contributed by atoms with Crippen LogP contribution in [0.5, 0.6) is 0 Å². The van der Waals surface area contributed by atoms with Gasteiger partial charge in [0, 0.05) is 12.1 Å². The van der Waals surface area contributed by atoms with Gasteiger partial charge in [-0.3, -0.25) is 24.5 Å². The first kappa shape index (κ1) is 19.0. The molecule has 0 N–H and O–H groups in total. The number of amides is 2. The number of imide groups is 1. The summed E-state index contributed by atoms with van der Waals surface area (Å²) in [5.41, 5.74) is 0.886. The molecule has 0 radical (unpaired) electrons. The van der Waals surface area contributed by atoms with Crippen LogP contribution in [0.25, 0.3) is 10.2 Å². The number of hydrogen-bond donors (Lipinski definition) is 0. The number of hydrogen-bond acceptors (Lipinski definition) is 9. The minimum absolute atomic E-state index is 0.00271. The summed E-state index contributed by atoms with van der Waals surface area (Å²) < 4.78 is 5.99. The van der Waals surface area contributed by atoms with Gasteiger partial charge in [-0.05, 0) is 24.3 Å². The number of benzene rings is 2. The summed E-state index contributed by atoms with van der Waals surface area (Å²) in [7, 11) is 1.31. The van der Waals surface area contributed by atoms with Crippen molar-refractivity contribution in [3.63, 3.8) is 0 Å². The van der Waals surface area contributed by atoms with Crippen LogP contribution in [0, 0.1) is 10.1 Å². The summed E-state index contributed by atoms with van der Waals surface area (Å²) in [6, 6.07) is 8.53. The van der Waals surface area contributed by atoms with Gasteiger partial charge in [-0.25, -0.2) is 9.88 Å². The third-order valence-electron chi connectivity index (χ3n) is 4.23. The van der Waals surface area contributed by atoms with Gasteiger partial charge in [-0.15, -0.1) is 11.3 Å². The van der Waals surface area contributed by atoms with Crippen molar-refractivity contribution < 1.29 is 24.0 Å². The van der Waals surface area contributed by atoms with Gasteiger partial charge in [-0.2, -0.15) is 0 Å². The second-order valence-electron chi connectivity index (χ2n) is 5.93. The fourth-order valence-electron chi connectivity index (χ4n) is 2.85. The number of non-ortho nitro benzene ring substituents is 1. The van der Waals surface area contributed by atoms with Crippen molar-refractivity contribution in [1.82, 2.24) is 4.98 Å². The molecule has 1 aliphatic heterocycles. The summed E-state index contributed by atoms with van der Waals surface area (Å²) in [5, 5.41) is 11.0. The third kappa shape index (κ3) is 3.34. The number of nitro benzene ring substituents is 1. The molecule has 9 nitrogen and oxygen atoms in total. The Kier molecular flexibility index (Phi) is 4.76. The summed E-state index contributed by atoms with van der Waals surface area (Å²) in [4.78, 5) is 52.5. The van der Waals surface area contributed by atoms with Crippen LogP contribution in [0.3, 0.4) is 0 Å². The molecule has 0 saturated heterocycles. The molecule has 0 aliphatic carbocycles. The van der Waals surface area contributed by atoms with Gasteiger partial charge in [0.25, 0.3) is 17.5 Å². The fraction of sp³-hybridized carbons (Fsp3) is 0.111. The van der Waals surface area contributed by atoms with Crippen molar-refractivity contribution in [3.8, 4) is 0 Å². The molecule has 0 bridgehead atoms. The monoisotopic (exact) mass is 429 g/mol. The predicted octanol–water partition coefficient (Wildman–Crippen LogP) is 3.27. The van der Waals surface area contributed by atoms with Crippen molar-refractivity contribution in [2.75, 3.05) is 17.8 Å². The summed E-state index contributed by atoms with van der Waals surface area (Å²) >= 11 is 2.55. The molecule has 0 atom stereocenters. The highest BCUT2D eigenvalue weighted by Gasteiger charge is 2.38. The Bertz CT molecular complexity index is 1210. The second kappa shape index (κ2) is 7.26. The van der Waals surface area contributed by atoms with E-state index in [9.17, 15) is 24.5 Å². The molecule has 4 rings (SSSR count). The van der Waals surface area contributed by atoms with Gasteiger partial charge < -0.3 is 4.74 Å². The molecule has 146 valence electrons. The molecule has 29 heavy (non-hydrogen) atoms. The molecule has 11 heteroatoms. The molecule has 0 spiro atoms. The number of methoxy groups -OCH3 is 1. The maximum Gasteiger partial charge on any atom is 0.316 e. The zero-order valence-corrected chi connectivity index (χ0v) is 16.4. The van der Waals surface area contributed by atoms with Crippen molar-refractivity contribution in [3.05, 3.63) is 57.6 Å². The van der Waals surface area contributed by atoms with Gasteiger partial charge in [0.05, 0.1) is 44.8 Å². The van der Waals surface area contributed by atoms with E-state index in [1.54, 1.807) is 18.2 Å². The van der Waals surface area contributed by atoms with Crippen LogP contribution in [0.15, 0.2) is 40.7 Å². The van der Waals surface area contributed by atoms with E-state index in [0.717, 1.165) is 15.7 Å². The predicted molar refractivity (Wildman–Crippen MR) is 107 cm³/mol. The van der Waals surface area contributed by atoms with Crippen LogP contribution < -0.4 is 4.90 Å². The quantitative estimate of drug-likeness (QED) is 0.199. The van der Waals surface area contributed by atoms with E-state index >= 15 is 0 Å². The average molecular weight is 429 g/mol. The van der Waals surface area contributed by atoms with E-state index in [4.69, 9.17) is 0 Å². The van der Waals surface area contributed by atoms with Crippen LogP contribution in [0.2, 0.25) is 0 Å². The van der Waals surface area contributed by atoms with E-state index in [2.05, 4.69) is 9.72 Å². The van der Waals surface area contributed by atoms with Crippen molar-refractivity contribution in [2.24, 2.45) is 0 Å². The molecule has 2 amide bonds. The summed E-state index contributed by atoms with van der Waals surface area (Å²) in [6.07, 6.45) is 0. The topological polar surface area (TPSA) is 120 Å². The molecule has 0 saturated carbocycles. The fourth-order valence-corrected chi connectivity index (χ4v) is 4.78. The standard InChI is InChI=1S/C18H11N3O6S2/c1-27-15(22)8-28-18-19-13-5-3-9(7-14(13)29-18)20-16(23)11-4-2-10(21(25)26)6-12(11)17(20)24/h2-7H,8H2,1H3. The molecule has 3 aromatic rings. The first-order valence-electron chi connectivity index (χ1n) is 8.16. The van der Waals surface area contributed by atoms with Crippen LogP contribution in [0.4, 0.5) is 11.4 Å². The summed E-state index contributed by atoms with van der Waals surface area (Å²) in [6.45, 7) is 0. The molecular formula is C18H11N3O6S2. The van der Waals surface area contributed by atoms with Gasteiger partial charge in [0.15, 0.2) is 4.34 Å². The molecule has 2 heterocycles. The normalized spacial score (nSPS) is 13.1. The van der Waals surface area contributed by atoms with E-state index in [1.165, 1.54) is 42.3 Å². The van der Waals surface area contributed by atoms with Crippen molar-refractivity contribution in [1.29, 1.82) is 0 Å². The zero-order chi connectivity index (χ0) is 20.7. The van der Waals surface area contributed by atoms with E-state index in [0.29, 0.717) is 15.5 Å². The number of esters is 1. The largest absolute Gasteiger partial charge is 0.468 e. The van der Waals surface area contributed by atoms with Gasteiger partial charge in [-0.1, -0.05) is 11.8 Å². The Morgan fingerprint density at radius 1 is 1.21 bits per heavy atom. The number of thioether (sulfide) groups is 1. The molecule has 2 aromatic carbocycles. The average Bonchev–Trinajstić information content (AvgIpc) is 3.23. The van der Waals surface area contributed by atoms with Crippen LogP contribution >= 0.6 is 23.1 Å². The molecule has 1 aromatic heterocycles. The number of rotatable bonds is 5. The lowest BCUT2D eigenvalue weighted by Gasteiger charge is -2.13. The number of aromatic nitrogens is 1. The second-order valence-corrected chi connectivity index (χ2v) is 8.18. The number of anilines is 1. The molecular weight excluding hydrogens is 418 g/mol. The Balaban J connectivity index is 1.65. The number of ether oxygens (including phenoxy) is 1. The van der Waals surface area contributed by atoms with Crippen LogP contribution in [0.1, 0.15) is 20.7 Å². The highest BCUT2D eigenvalue weighted by Crippen LogP contribution is 2.35. The molecule has 0 fully saturated rings. The molecule has 0 unspecified atom stereocenters. The maximum atomic E-state index is 12.7. The van der Waals surface area contributed by atoms with E-state index in [1.807, 2.05) is 0 Å². The van der Waals surface area contributed by atoms with Gasteiger partial charge in [0.1, 0.15) is 0 Å². The van der Waals surface area contributed by atoms with E-state index < -0.39 is 16.7 Å². The minimum Gasteiger partial charge on any atom is -0.468 e. The lowest BCUT2D eigenvalue weighted by atomic mass is 10.1. The maximum absolute atomic E-state index is 12.7.